The molecule has 0 atom stereocenters. The maximum absolute atomic E-state index is 11.2. The third-order valence-electron chi connectivity index (χ3n) is 3.73. The Kier molecular flexibility index (Phi) is 9.35. The monoisotopic (exact) mass is 486 g/mol. The van der Waals surface area contributed by atoms with Gasteiger partial charge in [0.25, 0.3) is 0 Å². The van der Waals surface area contributed by atoms with Crippen LogP contribution in [-0.4, -0.2) is 58.6 Å². The first-order valence-corrected chi connectivity index (χ1v) is 10.9. The number of nitrogens with zero attached hydrogens (tertiary/aromatic N) is 2. The number of rotatable bonds is 6. The highest BCUT2D eigenvalue weighted by molar-refractivity contribution is 14.0. The molecule has 0 aromatic carbocycles. The van der Waals surface area contributed by atoms with Gasteiger partial charge in [-0.05, 0) is 37.3 Å². The van der Waals surface area contributed by atoms with Crippen molar-refractivity contribution in [2.45, 2.75) is 25.8 Å². The number of halogens is 1. The van der Waals surface area contributed by atoms with Crippen LogP contribution in [0.4, 0.5) is 5.00 Å². The Morgan fingerprint density at radius 1 is 1.42 bits per heavy atom. The van der Waals surface area contributed by atoms with Crippen molar-refractivity contribution in [1.82, 2.24) is 10.6 Å². The summed E-state index contributed by atoms with van der Waals surface area (Å²) in [5.41, 5.74) is 0. The minimum absolute atomic E-state index is 0. The van der Waals surface area contributed by atoms with E-state index in [-0.39, 0.29) is 29.7 Å². The summed E-state index contributed by atoms with van der Waals surface area (Å²) in [6.45, 7) is 5.12. The lowest BCUT2D eigenvalue weighted by atomic mass is 10.1. The van der Waals surface area contributed by atoms with Gasteiger partial charge in [0.15, 0.2) is 5.96 Å². The van der Waals surface area contributed by atoms with Gasteiger partial charge in [0.1, 0.15) is 9.84 Å². The zero-order valence-corrected chi connectivity index (χ0v) is 18.2. The molecule has 0 unspecified atom stereocenters. The van der Waals surface area contributed by atoms with Crippen molar-refractivity contribution in [3.05, 3.63) is 17.5 Å². The Labute approximate surface area is 166 Å². The van der Waals surface area contributed by atoms with Gasteiger partial charge in [-0.3, -0.25) is 4.99 Å². The van der Waals surface area contributed by atoms with Crippen LogP contribution in [0, 0.1) is 0 Å². The number of sulfone groups is 1. The van der Waals surface area contributed by atoms with Gasteiger partial charge in [0.2, 0.25) is 0 Å². The molecule has 2 rings (SSSR count). The van der Waals surface area contributed by atoms with Gasteiger partial charge < -0.3 is 15.5 Å². The van der Waals surface area contributed by atoms with Crippen LogP contribution >= 0.6 is 35.3 Å². The second-order valence-corrected chi connectivity index (χ2v) is 8.93. The Bertz CT molecular complexity index is 597. The van der Waals surface area contributed by atoms with Crippen molar-refractivity contribution in [1.29, 1.82) is 0 Å². The molecule has 1 aliphatic heterocycles. The zero-order valence-electron chi connectivity index (χ0n) is 14.2. The highest BCUT2D eigenvalue weighted by Gasteiger charge is 2.20. The van der Waals surface area contributed by atoms with Gasteiger partial charge in [0.05, 0.1) is 17.3 Å². The van der Waals surface area contributed by atoms with Crippen molar-refractivity contribution in [3.63, 3.8) is 0 Å². The van der Waals surface area contributed by atoms with E-state index in [1.807, 2.05) is 6.92 Å². The van der Waals surface area contributed by atoms with E-state index in [2.05, 4.69) is 38.0 Å². The van der Waals surface area contributed by atoms with E-state index >= 15 is 0 Å². The first-order chi connectivity index (χ1) is 11.0. The minimum Gasteiger partial charge on any atom is -0.363 e. The fraction of sp³-hybridized carbons (Fsp3) is 0.667. The summed E-state index contributed by atoms with van der Waals surface area (Å²) < 4.78 is 22.4. The first kappa shape index (κ1) is 21.5. The van der Waals surface area contributed by atoms with Gasteiger partial charge in [-0.2, -0.15) is 0 Å². The van der Waals surface area contributed by atoms with E-state index in [0.29, 0.717) is 18.5 Å². The smallest absolute Gasteiger partial charge is 0.191 e. The molecule has 1 aromatic rings. The molecule has 1 aromatic heterocycles. The number of thiophene rings is 1. The van der Waals surface area contributed by atoms with Crippen LogP contribution in [0.2, 0.25) is 0 Å². The Morgan fingerprint density at radius 3 is 2.67 bits per heavy atom. The van der Waals surface area contributed by atoms with Crippen molar-refractivity contribution in [3.8, 4) is 0 Å². The maximum Gasteiger partial charge on any atom is 0.191 e. The highest BCUT2D eigenvalue weighted by Crippen LogP contribution is 2.24. The number of hydrogen-bond donors (Lipinski definition) is 2. The van der Waals surface area contributed by atoms with Gasteiger partial charge in [-0.1, -0.05) is 0 Å². The van der Waals surface area contributed by atoms with E-state index in [4.69, 9.17) is 0 Å². The molecule has 1 aliphatic rings. The van der Waals surface area contributed by atoms with Gasteiger partial charge >= 0.3 is 0 Å². The lowest BCUT2D eigenvalue weighted by Gasteiger charge is -2.33. The molecule has 2 heterocycles. The van der Waals surface area contributed by atoms with Crippen molar-refractivity contribution in [2.24, 2.45) is 4.99 Å². The highest BCUT2D eigenvalue weighted by atomic mass is 127. The first-order valence-electron chi connectivity index (χ1n) is 7.99. The van der Waals surface area contributed by atoms with Crippen LogP contribution in [0.1, 0.15) is 19.8 Å². The van der Waals surface area contributed by atoms with Crippen LogP contribution in [0.3, 0.4) is 0 Å². The fourth-order valence-electron chi connectivity index (χ4n) is 2.53. The van der Waals surface area contributed by atoms with Crippen molar-refractivity contribution >= 4 is 56.1 Å². The van der Waals surface area contributed by atoms with Gasteiger partial charge in [0, 0.05) is 31.9 Å². The van der Waals surface area contributed by atoms with Crippen LogP contribution in [-0.2, 0) is 9.84 Å². The molecule has 0 saturated carbocycles. The summed E-state index contributed by atoms with van der Waals surface area (Å²) in [6, 6.07) is 4.62. The lowest BCUT2D eigenvalue weighted by Crippen LogP contribution is -2.48. The van der Waals surface area contributed by atoms with Crippen LogP contribution in [0.15, 0.2) is 22.5 Å². The summed E-state index contributed by atoms with van der Waals surface area (Å²) in [6.07, 6.45) is 3.34. The molecule has 0 spiro atoms. The molecule has 0 aliphatic carbocycles. The Balaban J connectivity index is 0.00000288. The summed E-state index contributed by atoms with van der Waals surface area (Å²) in [5.74, 6) is 0.797. The van der Waals surface area contributed by atoms with E-state index in [9.17, 15) is 8.42 Å². The number of anilines is 1. The molecule has 9 heteroatoms. The number of hydrogen-bond acceptors (Lipinski definition) is 5. The molecule has 1 saturated heterocycles. The number of nitrogens with one attached hydrogen (secondary N) is 2. The molecule has 0 radical (unpaired) electrons. The summed E-state index contributed by atoms with van der Waals surface area (Å²) in [4.78, 5) is 6.78. The Hall–Kier alpha value is -0.550. The molecule has 1 fully saturated rings. The largest absolute Gasteiger partial charge is 0.363 e. The predicted octanol–water partition coefficient (Wildman–Crippen LogP) is 1.93. The van der Waals surface area contributed by atoms with Crippen molar-refractivity contribution < 1.29 is 8.42 Å². The third-order valence-corrected chi connectivity index (χ3v) is 5.58. The van der Waals surface area contributed by atoms with Gasteiger partial charge in [-0.15, -0.1) is 35.3 Å². The average molecular weight is 486 g/mol. The molecule has 138 valence electrons. The van der Waals surface area contributed by atoms with E-state index < -0.39 is 9.84 Å². The van der Waals surface area contributed by atoms with E-state index in [1.165, 1.54) is 11.3 Å². The minimum atomic E-state index is -2.97. The molecule has 24 heavy (non-hydrogen) atoms. The number of piperidine rings is 1. The topological polar surface area (TPSA) is 73.8 Å². The number of guanidine groups is 1. The fourth-order valence-corrected chi connectivity index (χ4v) is 3.74. The normalized spacial score (nSPS) is 16.6. The van der Waals surface area contributed by atoms with Crippen LogP contribution in [0.25, 0.3) is 0 Å². The summed E-state index contributed by atoms with van der Waals surface area (Å²) >= 11 is 1.78. The summed E-state index contributed by atoms with van der Waals surface area (Å²) in [7, 11) is -2.97. The molecule has 0 bridgehead atoms. The number of aliphatic imine (C=N–C) groups is 1. The Morgan fingerprint density at radius 2 is 2.12 bits per heavy atom. The molecule has 0 amide bonds. The quantitative estimate of drug-likeness (QED) is 0.365. The van der Waals surface area contributed by atoms with Crippen LogP contribution < -0.4 is 15.5 Å². The lowest BCUT2D eigenvalue weighted by molar-refractivity contribution is 0.463. The molecular formula is C15H27IN4O2S2. The SMILES string of the molecule is CCNC(=NCCS(C)(=O)=O)NC1CCN(c2cccs2)CC1.I. The second kappa shape index (κ2) is 10.4. The summed E-state index contributed by atoms with van der Waals surface area (Å²) in [5, 5.41) is 10.1. The average Bonchev–Trinajstić information content (AvgIpc) is 3.01. The van der Waals surface area contributed by atoms with E-state index in [1.54, 1.807) is 11.3 Å². The molecule has 6 nitrogen and oxygen atoms in total. The maximum atomic E-state index is 11.2. The predicted molar refractivity (Wildman–Crippen MR) is 114 cm³/mol. The van der Waals surface area contributed by atoms with Gasteiger partial charge in [-0.25, -0.2) is 8.42 Å². The van der Waals surface area contributed by atoms with Crippen molar-refractivity contribution in [2.75, 3.05) is 43.1 Å². The van der Waals surface area contributed by atoms with Crippen LogP contribution in [0.5, 0.6) is 0 Å². The molecule has 2 N–H and O–H groups in total. The third kappa shape index (κ3) is 7.56. The second-order valence-electron chi connectivity index (χ2n) is 5.75. The molecular weight excluding hydrogens is 459 g/mol. The van der Waals surface area contributed by atoms with E-state index in [0.717, 1.165) is 32.5 Å². The standard InChI is InChI=1S/C15H26N4O2S2.HI/c1-3-16-15(17-8-12-23(2,20)21)18-13-6-9-19(10-7-13)14-5-4-11-22-14;/h4-5,11,13H,3,6-10,12H2,1-2H3,(H2,16,17,18);1H. The zero-order chi connectivity index (χ0) is 16.7.